The number of aryl methyl sites for hydroxylation is 1. The number of rotatable bonds is 6. The number of sulfonamides is 1. The molecule has 0 unspecified atom stereocenters. The molecule has 0 bridgehead atoms. The maximum atomic E-state index is 12.6. The standard InChI is InChI=1S/C17H19ClN2O5S2/c1-5-25-17(22)15-10(2)8-14(26-15)19-16(21)12-9-11(6-7-13(12)18)27(23,24)20(3)4/h6-9H,5H2,1-4H3,(H,19,21). The summed E-state index contributed by atoms with van der Waals surface area (Å²) in [5.41, 5.74) is 0.687. The van der Waals surface area contributed by atoms with Crippen molar-refractivity contribution >= 4 is 49.8 Å². The number of anilines is 1. The first-order chi connectivity index (χ1) is 12.6. The molecule has 27 heavy (non-hydrogen) atoms. The van der Waals surface area contributed by atoms with Crippen molar-refractivity contribution in [1.29, 1.82) is 0 Å². The van der Waals surface area contributed by atoms with Crippen molar-refractivity contribution in [3.05, 3.63) is 45.3 Å². The van der Waals surface area contributed by atoms with Crippen LogP contribution in [-0.2, 0) is 14.8 Å². The van der Waals surface area contributed by atoms with Crippen molar-refractivity contribution in [3.8, 4) is 0 Å². The second-order valence-electron chi connectivity index (χ2n) is 5.73. The Morgan fingerprint density at radius 2 is 1.93 bits per heavy atom. The molecule has 10 heteroatoms. The van der Waals surface area contributed by atoms with Crippen molar-refractivity contribution in [2.75, 3.05) is 26.0 Å². The number of nitrogens with zero attached hydrogens (tertiary/aromatic N) is 1. The van der Waals surface area contributed by atoms with E-state index in [1.807, 2.05) is 0 Å². The normalized spacial score (nSPS) is 11.5. The van der Waals surface area contributed by atoms with Crippen LogP contribution in [0, 0.1) is 6.92 Å². The summed E-state index contributed by atoms with van der Waals surface area (Å²) >= 11 is 7.15. The smallest absolute Gasteiger partial charge is 0.348 e. The average Bonchev–Trinajstić information content (AvgIpc) is 2.95. The van der Waals surface area contributed by atoms with E-state index >= 15 is 0 Å². The third-order valence-corrected chi connectivity index (χ3v) is 6.85. The zero-order chi connectivity index (χ0) is 20.4. The van der Waals surface area contributed by atoms with Crippen LogP contribution in [0.2, 0.25) is 5.02 Å². The zero-order valence-electron chi connectivity index (χ0n) is 15.2. The Labute approximate surface area is 166 Å². The number of ether oxygens (including phenoxy) is 1. The van der Waals surface area contributed by atoms with Gasteiger partial charge in [-0.3, -0.25) is 4.79 Å². The second kappa shape index (κ2) is 8.39. The van der Waals surface area contributed by atoms with Gasteiger partial charge in [-0.25, -0.2) is 17.5 Å². The molecule has 0 fully saturated rings. The summed E-state index contributed by atoms with van der Waals surface area (Å²) in [4.78, 5) is 24.8. The number of carbonyl (C=O) groups is 2. The SMILES string of the molecule is CCOC(=O)c1sc(NC(=O)c2cc(S(=O)(=O)N(C)C)ccc2Cl)cc1C. The van der Waals surface area contributed by atoms with Crippen molar-refractivity contribution in [3.63, 3.8) is 0 Å². The van der Waals surface area contributed by atoms with Gasteiger partial charge in [0.1, 0.15) is 4.88 Å². The molecule has 0 radical (unpaired) electrons. The van der Waals surface area contributed by atoms with Gasteiger partial charge < -0.3 is 10.1 Å². The summed E-state index contributed by atoms with van der Waals surface area (Å²) in [5, 5.41) is 3.19. The molecular formula is C17H19ClN2O5S2. The Hall–Kier alpha value is -1.94. The first-order valence-electron chi connectivity index (χ1n) is 7.89. The van der Waals surface area contributed by atoms with Gasteiger partial charge in [0.25, 0.3) is 5.91 Å². The van der Waals surface area contributed by atoms with E-state index in [4.69, 9.17) is 16.3 Å². The Kier molecular flexibility index (Phi) is 6.63. The number of amides is 1. The third-order valence-electron chi connectivity index (χ3n) is 3.58. The minimum atomic E-state index is -3.71. The minimum Gasteiger partial charge on any atom is -0.462 e. The maximum absolute atomic E-state index is 12.6. The van der Waals surface area contributed by atoms with Gasteiger partial charge in [-0.05, 0) is 43.7 Å². The van der Waals surface area contributed by atoms with Crippen LogP contribution in [0.1, 0.15) is 32.5 Å². The van der Waals surface area contributed by atoms with Gasteiger partial charge in [-0.1, -0.05) is 11.6 Å². The van der Waals surface area contributed by atoms with Crippen LogP contribution in [0.4, 0.5) is 5.00 Å². The van der Waals surface area contributed by atoms with Crippen LogP contribution in [-0.4, -0.2) is 45.3 Å². The monoisotopic (exact) mass is 430 g/mol. The Morgan fingerprint density at radius 1 is 1.26 bits per heavy atom. The van der Waals surface area contributed by atoms with Gasteiger partial charge in [0, 0.05) is 14.1 Å². The maximum Gasteiger partial charge on any atom is 0.348 e. The number of benzene rings is 1. The van der Waals surface area contributed by atoms with Gasteiger partial charge in [-0.2, -0.15) is 0 Å². The molecule has 0 saturated carbocycles. The quantitative estimate of drug-likeness (QED) is 0.709. The molecule has 1 N–H and O–H groups in total. The average molecular weight is 431 g/mol. The van der Waals surface area contributed by atoms with E-state index in [1.54, 1.807) is 19.9 Å². The van der Waals surface area contributed by atoms with Crippen LogP contribution in [0.3, 0.4) is 0 Å². The number of hydrogen-bond donors (Lipinski definition) is 1. The highest BCUT2D eigenvalue weighted by Gasteiger charge is 2.22. The van der Waals surface area contributed by atoms with E-state index in [9.17, 15) is 18.0 Å². The summed E-state index contributed by atoms with van der Waals surface area (Å²) in [6.07, 6.45) is 0. The van der Waals surface area contributed by atoms with Crippen LogP contribution in [0.15, 0.2) is 29.2 Å². The molecule has 7 nitrogen and oxygen atoms in total. The fourth-order valence-corrected chi connectivity index (χ4v) is 4.27. The highest BCUT2D eigenvalue weighted by molar-refractivity contribution is 7.89. The van der Waals surface area contributed by atoms with Gasteiger partial charge in [-0.15, -0.1) is 11.3 Å². The van der Waals surface area contributed by atoms with Crippen molar-refractivity contribution in [1.82, 2.24) is 4.31 Å². The Bertz CT molecular complexity index is 983. The number of carbonyl (C=O) groups excluding carboxylic acids is 2. The summed E-state index contributed by atoms with van der Waals surface area (Å²) in [6.45, 7) is 3.69. The lowest BCUT2D eigenvalue weighted by Crippen LogP contribution is -2.23. The van der Waals surface area contributed by atoms with Crippen molar-refractivity contribution in [2.45, 2.75) is 18.7 Å². The number of thiophene rings is 1. The Balaban J connectivity index is 2.32. The van der Waals surface area contributed by atoms with E-state index in [-0.39, 0.29) is 22.1 Å². The van der Waals surface area contributed by atoms with Crippen LogP contribution in [0.25, 0.3) is 0 Å². The second-order valence-corrected chi connectivity index (χ2v) is 9.34. The molecule has 2 aromatic rings. The molecule has 1 amide bonds. The van der Waals surface area contributed by atoms with Crippen LogP contribution in [0.5, 0.6) is 0 Å². The van der Waals surface area contributed by atoms with Crippen LogP contribution < -0.4 is 5.32 Å². The first kappa shape index (κ1) is 21.4. The van der Waals surface area contributed by atoms with E-state index in [1.165, 1.54) is 32.3 Å². The Morgan fingerprint density at radius 3 is 2.52 bits per heavy atom. The van der Waals surface area contributed by atoms with Crippen molar-refractivity contribution < 1.29 is 22.7 Å². The van der Waals surface area contributed by atoms with Gasteiger partial charge in [0.05, 0.1) is 27.1 Å². The van der Waals surface area contributed by atoms with Crippen LogP contribution >= 0.6 is 22.9 Å². The molecule has 0 aliphatic rings. The molecule has 2 rings (SSSR count). The lowest BCUT2D eigenvalue weighted by atomic mass is 10.2. The molecule has 0 saturated heterocycles. The topological polar surface area (TPSA) is 92.8 Å². The fourth-order valence-electron chi connectivity index (χ4n) is 2.17. The number of nitrogens with one attached hydrogen (secondary N) is 1. The number of hydrogen-bond acceptors (Lipinski definition) is 6. The van der Waals surface area contributed by atoms with E-state index in [2.05, 4.69) is 5.32 Å². The fraction of sp³-hybridized carbons (Fsp3) is 0.294. The van der Waals surface area contributed by atoms with Gasteiger partial charge in [0.2, 0.25) is 10.0 Å². The summed E-state index contributed by atoms with van der Waals surface area (Å²) < 4.78 is 30.5. The molecular weight excluding hydrogens is 412 g/mol. The minimum absolute atomic E-state index is 0.0170. The van der Waals surface area contributed by atoms with E-state index in [0.29, 0.717) is 15.4 Å². The highest BCUT2D eigenvalue weighted by Crippen LogP contribution is 2.29. The molecule has 0 aliphatic heterocycles. The number of esters is 1. The molecule has 1 aromatic carbocycles. The zero-order valence-corrected chi connectivity index (χ0v) is 17.6. The molecule has 1 aromatic heterocycles. The summed E-state index contributed by atoms with van der Waals surface area (Å²) in [6, 6.07) is 5.56. The third kappa shape index (κ3) is 4.67. The van der Waals surface area contributed by atoms with Gasteiger partial charge in [0.15, 0.2) is 0 Å². The first-order valence-corrected chi connectivity index (χ1v) is 10.5. The molecule has 0 atom stereocenters. The summed E-state index contributed by atoms with van der Waals surface area (Å²) in [5.74, 6) is -1.04. The van der Waals surface area contributed by atoms with Crippen molar-refractivity contribution in [2.24, 2.45) is 0 Å². The lowest BCUT2D eigenvalue weighted by molar-refractivity contribution is 0.0531. The number of halogens is 1. The van der Waals surface area contributed by atoms with E-state index < -0.39 is 21.9 Å². The largest absolute Gasteiger partial charge is 0.462 e. The molecule has 0 aliphatic carbocycles. The van der Waals surface area contributed by atoms with Gasteiger partial charge >= 0.3 is 5.97 Å². The summed E-state index contributed by atoms with van der Waals surface area (Å²) in [7, 11) is -0.911. The molecule has 1 heterocycles. The molecule has 146 valence electrons. The highest BCUT2D eigenvalue weighted by atomic mass is 35.5. The predicted octanol–water partition coefficient (Wildman–Crippen LogP) is 3.39. The lowest BCUT2D eigenvalue weighted by Gasteiger charge is -2.13. The predicted molar refractivity (Wildman–Crippen MR) is 105 cm³/mol. The molecule has 0 spiro atoms. The van der Waals surface area contributed by atoms with E-state index in [0.717, 1.165) is 15.6 Å².